The Bertz CT molecular complexity index is 848. The molecule has 0 atom stereocenters. The molecule has 1 aliphatic heterocycles. The third-order valence-electron chi connectivity index (χ3n) is 4.11. The summed E-state index contributed by atoms with van der Waals surface area (Å²) in [5.74, 6) is 1.36. The lowest BCUT2D eigenvalue weighted by molar-refractivity contribution is 0.225. The molecule has 3 heterocycles. The van der Waals surface area contributed by atoms with Crippen molar-refractivity contribution in [2.45, 2.75) is 38.8 Å². The third-order valence-corrected chi connectivity index (χ3v) is 6.63. The maximum Gasteiger partial charge on any atom is 0.196 e. The SMILES string of the molecule is CCS(=O)(=O)c1csc(Nc2ncnc3c2CN(CC(C)C)CC3)n1. The van der Waals surface area contributed by atoms with E-state index in [4.69, 9.17) is 0 Å². The van der Waals surface area contributed by atoms with Crippen molar-refractivity contribution in [3.8, 4) is 0 Å². The summed E-state index contributed by atoms with van der Waals surface area (Å²) in [5, 5.41) is 5.41. The van der Waals surface area contributed by atoms with E-state index >= 15 is 0 Å². The first-order valence-corrected chi connectivity index (χ1v) is 10.9. The van der Waals surface area contributed by atoms with Crippen molar-refractivity contribution >= 4 is 32.1 Å². The summed E-state index contributed by atoms with van der Waals surface area (Å²) >= 11 is 1.27. The lowest BCUT2D eigenvalue weighted by Crippen LogP contribution is -2.34. The maximum absolute atomic E-state index is 11.9. The Balaban J connectivity index is 1.83. The van der Waals surface area contributed by atoms with Gasteiger partial charge >= 0.3 is 0 Å². The molecule has 0 fully saturated rings. The molecule has 0 radical (unpaired) electrons. The second-order valence-corrected chi connectivity index (χ2v) is 9.63. The zero-order valence-electron chi connectivity index (χ0n) is 14.7. The van der Waals surface area contributed by atoms with Gasteiger partial charge in [0, 0.05) is 37.0 Å². The van der Waals surface area contributed by atoms with Gasteiger partial charge in [-0.05, 0) is 5.92 Å². The van der Waals surface area contributed by atoms with Crippen LogP contribution in [0.25, 0.3) is 0 Å². The van der Waals surface area contributed by atoms with Gasteiger partial charge in [0.25, 0.3) is 0 Å². The number of thiazole rings is 1. The molecule has 1 aliphatic rings. The van der Waals surface area contributed by atoms with Crippen LogP contribution in [0.2, 0.25) is 0 Å². The second kappa shape index (κ2) is 7.35. The van der Waals surface area contributed by atoms with E-state index in [-0.39, 0.29) is 10.8 Å². The van der Waals surface area contributed by atoms with E-state index in [2.05, 4.69) is 39.0 Å². The number of hydrogen-bond donors (Lipinski definition) is 1. The average Bonchev–Trinajstić information content (AvgIpc) is 3.04. The number of nitrogens with one attached hydrogen (secondary N) is 1. The summed E-state index contributed by atoms with van der Waals surface area (Å²) in [6.45, 7) is 8.86. The van der Waals surface area contributed by atoms with Crippen LogP contribution in [0.15, 0.2) is 16.7 Å². The molecule has 0 amide bonds. The predicted octanol–water partition coefficient (Wildman–Crippen LogP) is 2.48. The molecule has 1 N–H and O–H groups in total. The molecule has 25 heavy (non-hydrogen) atoms. The molecule has 0 saturated carbocycles. The molecule has 3 rings (SSSR count). The van der Waals surface area contributed by atoms with Crippen LogP contribution in [0.4, 0.5) is 10.9 Å². The van der Waals surface area contributed by atoms with E-state index in [1.807, 2.05) is 0 Å². The number of fused-ring (bicyclic) bond motifs is 1. The fourth-order valence-corrected chi connectivity index (χ4v) is 4.77. The molecular weight excluding hydrogens is 358 g/mol. The molecule has 2 aromatic rings. The van der Waals surface area contributed by atoms with Crippen molar-refractivity contribution < 1.29 is 8.42 Å². The first kappa shape index (κ1) is 18.2. The zero-order valence-corrected chi connectivity index (χ0v) is 16.3. The highest BCUT2D eigenvalue weighted by atomic mass is 32.2. The highest BCUT2D eigenvalue weighted by molar-refractivity contribution is 7.91. The van der Waals surface area contributed by atoms with Crippen LogP contribution in [0.3, 0.4) is 0 Å². The van der Waals surface area contributed by atoms with Crippen LogP contribution in [-0.2, 0) is 22.8 Å². The second-order valence-electron chi connectivity index (χ2n) is 6.55. The fraction of sp³-hybridized carbons (Fsp3) is 0.562. The normalized spacial score (nSPS) is 15.4. The highest BCUT2D eigenvalue weighted by Crippen LogP contribution is 2.28. The molecule has 136 valence electrons. The zero-order chi connectivity index (χ0) is 18.0. The molecule has 0 bridgehead atoms. The quantitative estimate of drug-likeness (QED) is 0.822. The molecular formula is C16H23N5O2S2. The van der Waals surface area contributed by atoms with Crippen LogP contribution in [-0.4, -0.2) is 47.1 Å². The van der Waals surface area contributed by atoms with Crippen molar-refractivity contribution in [2.24, 2.45) is 5.92 Å². The van der Waals surface area contributed by atoms with Gasteiger partial charge in [0.15, 0.2) is 20.0 Å². The van der Waals surface area contributed by atoms with E-state index < -0.39 is 9.84 Å². The van der Waals surface area contributed by atoms with Gasteiger partial charge < -0.3 is 5.32 Å². The van der Waals surface area contributed by atoms with E-state index in [0.29, 0.717) is 16.9 Å². The van der Waals surface area contributed by atoms with Crippen LogP contribution in [0, 0.1) is 5.92 Å². The van der Waals surface area contributed by atoms with Crippen molar-refractivity contribution in [3.05, 3.63) is 23.0 Å². The number of nitrogens with zero attached hydrogens (tertiary/aromatic N) is 4. The summed E-state index contributed by atoms with van der Waals surface area (Å²) in [4.78, 5) is 15.4. The third kappa shape index (κ3) is 4.16. The van der Waals surface area contributed by atoms with Crippen LogP contribution in [0.1, 0.15) is 32.0 Å². The first-order chi connectivity index (χ1) is 11.9. The van der Waals surface area contributed by atoms with Crippen molar-refractivity contribution in [3.63, 3.8) is 0 Å². The fourth-order valence-electron chi connectivity index (χ4n) is 2.89. The predicted molar refractivity (Wildman–Crippen MR) is 99.0 cm³/mol. The Morgan fingerprint density at radius 1 is 1.36 bits per heavy atom. The van der Waals surface area contributed by atoms with E-state index in [1.54, 1.807) is 18.6 Å². The van der Waals surface area contributed by atoms with Gasteiger partial charge in [0.2, 0.25) is 0 Å². The van der Waals surface area contributed by atoms with Gasteiger partial charge in [-0.15, -0.1) is 11.3 Å². The Labute approximate surface area is 152 Å². The van der Waals surface area contributed by atoms with Crippen LogP contribution >= 0.6 is 11.3 Å². The van der Waals surface area contributed by atoms with E-state index in [9.17, 15) is 8.42 Å². The Morgan fingerprint density at radius 2 is 2.16 bits per heavy atom. The van der Waals surface area contributed by atoms with E-state index in [1.165, 1.54) is 11.3 Å². The summed E-state index contributed by atoms with van der Waals surface area (Å²) in [6, 6.07) is 0. The maximum atomic E-state index is 11.9. The Morgan fingerprint density at radius 3 is 2.88 bits per heavy atom. The molecule has 2 aromatic heterocycles. The van der Waals surface area contributed by atoms with Gasteiger partial charge in [0.05, 0.1) is 11.4 Å². The minimum atomic E-state index is -3.29. The lowest BCUT2D eigenvalue weighted by atomic mass is 10.0. The van der Waals surface area contributed by atoms with Crippen molar-refractivity contribution in [1.82, 2.24) is 19.9 Å². The molecule has 0 aromatic carbocycles. The first-order valence-electron chi connectivity index (χ1n) is 8.39. The topological polar surface area (TPSA) is 88.1 Å². The summed E-state index contributed by atoms with van der Waals surface area (Å²) in [7, 11) is -3.29. The molecule has 7 nitrogen and oxygen atoms in total. The van der Waals surface area contributed by atoms with Gasteiger partial charge in [0.1, 0.15) is 12.1 Å². The van der Waals surface area contributed by atoms with Gasteiger partial charge in [-0.3, -0.25) is 4.90 Å². The molecule has 0 aliphatic carbocycles. The number of sulfone groups is 1. The van der Waals surface area contributed by atoms with Crippen molar-refractivity contribution in [1.29, 1.82) is 0 Å². The molecule has 0 unspecified atom stereocenters. The summed E-state index contributed by atoms with van der Waals surface area (Å²) in [6.07, 6.45) is 2.45. The minimum absolute atomic E-state index is 0.0449. The number of aromatic nitrogens is 3. The van der Waals surface area contributed by atoms with Crippen LogP contribution < -0.4 is 5.32 Å². The lowest BCUT2D eigenvalue weighted by Gasteiger charge is -2.30. The molecule has 9 heteroatoms. The van der Waals surface area contributed by atoms with Gasteiger partial charge in [-0.25, -0.2) is 23.4 Å². The van der Waals surface area contributed by atoms with Crippen molar-refractivity contribution in [2.75, 3.05) is 24.2 Å². The minimum Gasteiger partial charge on any atom is -0.316 e. The summed E-state index contributed by atoms with van der Waals surface area (Å²) < 4.78 is 23.9. The highest BCUT2D eigenvalue weighted by Gasteiger charge is 2.22. The monoisotopic (exact) mass is 381 g/mol. The van der Waals surface area contributed by atoms with E-state index in [0.717, 1.165) is 37.3 Å². The smallest absolute Gasteiger partial charge is 0.196 e. The standard InChI is InChI=1S/C16H23N5O2S2/c1-4-25(22,23)14-9-24-16(19-14)20-15-12-8-21(7-11(2)3)6-5-13(12)17-10-18-15/h9-11H,4-8H2,1-3H3,(H,17,18,19,20). The molecule has 0 spiro atoms. The Kier molecular flexibility index (Phi) is 5.35. The van der Waals surface area contributed by atoms with Gasteiger partial charge in [-0.1, -0.05) is 20.8 Å². The molecule has 0 saturated heterocycles. The van der Waals surface area contributed by atoms with Crippen LogP contribution in [0.5, 0.6) is 0 Å². The largest absolute Gasteiger partial charge is 0.316 e. The Hall–Kier alpha value is -1.58. The number of anilines is 2. The average molecular weight is 382 g/mol. The number of hydrogen-bond acceptors (Lipinski definition) is 8. The summed E-state index contributed by atoms with van der Waals surface area (Å²) in [5.41, 5.74) is 2.12. The number of rotatable bonds is 6. The van der Waals surface area contributed by atoms with Gasteiger partial charge in [-0.2, -0.15) is 0 Å².